The maximum absolute atomic E-state index is 9.24. The number of aliphatic hydroxyl groups is 1. The predicted molar refractivity (Wildman–Crippen MR) is 60.1 cm³/mol. The lowest BCUT2D eigenvalue weighted by molar-refractivity contribution is 0.0564. The van der Waals surface area contributed by atoms with Crippen LogP contribution in [0, 0.1) is 0 Å². The highest BCUT2D eigenvalue weighted by Crippen LogP contribution is 2.16. The molecule has 1 aliphatic heterocycles. The zero-order valence-electron chi connectivity index (χ0n) is 9.80. The van der Waals surface area contributed by atoms with Crippen LogP contribution in [0.3, 0.4) is 0 Å². The van der Waals surface area contributed by atoms with Gasteiger partial charge in [0.15, 0.2) is 0 Å². The highest BCUT2D eigenvalue weighted by atomic mass is 16.3. The van der Waals surface area contributed by atoms with Gasteiger partial charge in [-0.25, -0.2) is 0 Å². The van der Waals surface area contributed by atoms with Crippen molar-refractivity contribution >= 4 is 7.85 Å². The average Bonchev–Trinajstić information content (AvgIpc) is 2.17. The van der Waals surface area contributed by atoms with Crippen LogP contribution < -0.4 is 0 Å². The van der Waals surface area contributed by atoms with Crippen LogP contribution in [0.1, 0.15) is 40.5 Å². The van der Waals surface area contributed by atoms with Gasteiger partial charge in [-0.2, -0.15) is 0 Å². The van der Waals surface area contributed by atoms with E-state index in [1.807, 2.05) is 34.7 Å². The van der Waals surface area contributed by atoms with E-state index in [1.54, 1.807) is 0 Å². The number of likely N-dealkylation sites (tertiary alicyclic amines) is 1. The smallest absolute Gasteiger partial charge is 0.113 e. The van der Waals surface area contributed by atoms with Gasteiger partial charge in [0.2, 0.25) is 0 Å². The molecule has 3 heteroatoms. The van der Waals surface area contributed by atoms with E-state index in [0.29, 0.717) is 12.8 Å². The first-order valence-electron chi connectivity index (χ1n) is 5.30. The molecule has 78 valence electrons. The minimum Gasteiger partial charge on any atom is -0.400 e. The van der Waals surface area contributed by atoms with Gasteiger partial charge in [0, 0.05) is 5.50 Å². The summed E-state index contributed by atoms with van der Waals surface area (Å²) in [5.74, 6) is 0. The Bertz CT molecular complexity index is 97.1. The molecule has 2 radical (unpaired) electrons. The third-order valence-corrected chi connectivity index (χ3v) is 1.85. The molecule has 1 N–H and O–H groups in total. The number of hydrogen-bond acceptors (Lipinski definition) is 2. The molecule has 1 heterocycles. The largest absolute Gasteiger partial charge is 0.400 e. The minimum atomic E-state index is -0.882. The van der Waals surface area contributed by atoms with Gasteiger partial charge in [0.25, 0.3) is 0 Å². The molecule has 0 amide bonds. The first-order valence-corrected chi connectivity index (χ1v) is 5.30. The normalized spacial score (nSPS) is 20.5. The molecule has 0 aromatic carbocycles. The zero-order chi connectivity index (χ0) is 10.9. The molecule has 0 unspecified atom stereocenters. The fourth-order valence-electron chi connectivity index (χ4n) is 1.01. The highest BCUT2D eigenvalue weighted by Gasteiger charge is 2.24. The molecule has 0 aromatic rings. The second-order valence-corrected chi connectivity index (χ2v) is 2.91. The number of piperidine rings is 1. The van der Waals surface area contributed by atoms with Crippen LogP contribution in [-0.2, 0) is 0 Å². The summed E-state index contributed by atoms with van der Waals surface area (Å²) in [7, 11) is 7.51. The summed E-state index contributed by atoms with van der Waals surface area (Å²) in [5, 5.41) is 9.24. The Balaban J connectivity index is 0. The van der Waals surface area contributed by atoms with E-state index < -0.39 is 5.50 Å². The van der Waals surface area contributed by atoms with Crippen LogP contribution in [0.15, 0.2) is 0 Å². The molecule has 1 aliphatic rings. The molecular formula is C10H24BNO. The average molecular weight is 185 g/mol. The van der Waals surface area contributed by atoms with E-state index >= 15 is 0 Å². The van der Waals surface area contributed by atoms with Gasteiger partial charge in [-0.05, 0) is 33.0 Å². The van der Waals surface area contributed by atoms with Crippen molar-refractivity contribution in [1.29, 1.82) is 0 Å². The van der Waals surface area contributed by atoms with Crippen LogP contribution in [-0.4, -0.2) is 43.5 Å². The van der Waals surface area contributed by atoms with Crippen LogP contribution >= 0.6 is 0 Å². The molecule has 13 heavy (non-hydrogen) atoms. The molecule has 1 fully saturated rings. The van der Waals surface area contributed by atoms with Gasteiger partial charge >= 0.3 is 0 Å². The Morgan fingerprint density at radius 3 is 1.62 bits per heavy atom. The first kappa shape index (κ1) is 15.5. The molecule has 1 rings (SSSR count). The summed E-state index contributed by atoms with van der Waals surface area (Å²) in [4.78, 5) is 2.17. The third-order valence-electron chi connectivity index (χ3n) is 1.85. The van der Waals surface area contributed by atoms with Crippen molar-refractivity contribution in [2.45, 2.75) is 46.0 Å². The maximum atomic E-state index is 9.24. The van der Waals surface area contributed by atoms with E-state index in [1.165, 1.54) is 0 Å². The lowest BCUT2D eigenvalue weighted by Crippen LogP contribution is -2.42. The quantitative estimate of drug-likeness (QED) is 0.579. The predicted octanol–water partition coefficient (Wildman–Crippen LogP) is 1.62. The summed E-state index contributed by atoms with van der Waals surface area (Å²) in [6.45, 7) is 9.82. The molecular weight excluding hydrogens is 161 g/mol. The van der Waals surface area contributed by atoms with Gasteiger partial charge in [0.05, 0.1) is 0 Å². The number of hydrogen-bond donors (Lipinski definition) is 1. The monoisotopic (exact) mass is 185 g/mol. The summed E-state index contributed by atoms with van der Waals surface area (Å²) >= 11 is 0. The van der Waals surface area contributed by atoms with Crippen molar-refractivity contribution < 1.29 is 5.11 Å². The van der Waals surface area contributed by atoms with Crippen molar-refractivity contribution in [3.05, 3.63) is 0 Å². The first-order chi connectivity index (χ1) is 6.10. The van der Waals surface area contributed by atoms with Crippen LogP contribution in [0.4, 0.5) is 0 Å². The van der Waals surface area contributed by atoms with Gasteiger partial charge in [-0.1, -0.05) is 27.7 Å². The van der Waals surface area contributed by atoms with Crippen LogP contribution in [0.25, 0.3) is 0 Å². The van der Waals surface area contributed by atoms with Crippen molar-refractivity contribution in [2.24, 2.45) is 0 Å². The van der Waals surface area contributed by atoms with Gasteiger partial charge in [0.1, 0.15) is 7.85 Å². The fraction of sp³-hybridized carbons (Fsp3) is 1.00. The SMILES string of the molecule is CC.CC.[B]C1(O)CCN(C)CC1. The molecule has 0 atom stereocenters. The Morgan fingerprint density at radius 1 is 1.08 bits per heavy atom. The van der Waals surface area contributed by atoms with Crippen molar-refractivity contribution in [1.82, 2.24) is 4.90 Å². The van der Waals surface area contributed by atoms with Gasteiger partial charge in [-0.3, -0.25) is 0 Å². The lowest BCUT2D eigenvalue weighted by Gasteiger charge is -2.33. The molecule has 2 nitrogen and oxygen atoms in total. The summed E-state index contributed by atoms with van der Waals surface area (Å²) in [5.41, 5.74) is -0.882. The second kappa shape index (κ2) is 8.58. The van der Waals surface area contributed by atoms with E-state index in [2.05, 4.69) is 4.90 Å². The molecule has 1 saturated heterocycles. The van der Waals surface area contributed by atoms with Crippen molar-refractivity contribution in [3.63, 3.8) is 0 Å². The Kier molecular flexibility index (Phi) is 10.2. The summed E-state index contributed by atoms with van der Waals surface area (Å²) < 4.78 is 0. The molecule has 0 aromatic heterocycles. The fourth-order valence-corrected chi connectivity index (χ4v) is 1.01. The third kappa shape index (κ3) is 8.32. The molecule has 0 aliphatic carbocycles. The highest BCUT2D eigenvalue weighted by molar-refractivity contribution is 6.14. The second-order valence-electron chi connectivity index (χ2n) is 2.91. The number of rotatable bonds is 0. The van der Waals surface area contributed by atoms with E-state index in [9.17, 15) is 5.11 Å². The molecule has 0 bridgehead atoms. The Labute approximate surface area is 84.7 Å². The Hall–Kier alpha value is -0.0151. The molecule has 0 saturated carbocycles. The van der Waals surface area contributed by atoms with Crippen LogP contribution in [0.5, 0.6) is 0 Å². The van der Waals surface area contributed by atoms with E-state index in [-0.39, 0.29) is 0 Å². The Morgan fingerprint density at radius 2 is 1.38 bits per heavy atom. The topological polar surface area (TPSA) is 23.5 Å². The van der Waals surface area contributed by atoms with Crippen molar-refractivity contribution in [2.75, 3.05) is 20.1 Å². The standard InChI is InChI=1S/C6H12BNO.2C2H6/c1-8-4-2-6(7,9)3-5-8;2*1-2/h9H,2-5H2,1H3;2*1-2H3. The minimum absolute atomic E-state index is 0.698. The van der Waals surface area contributed by atoms with E-state index in [0.717, 1.165) is 13.1 Å². The maximum Gasteiger partial charge on any atom is 0.113 e. The van der Waals surface area contributed by atoms with Crippen molar-refractivity contribution in [3.8, 4) is 0 Å². The summed E-state index contributed by atoms with van der Waals surface area (Å²) in [6.07, 6.45) is 1.40. The van der Waals surface area contributed by atoms with Gasteiger partial charge in [-0.15, -0.1) is 0 Å². The lowest BCUT2D eigenvalue weighted by atomic mass is 9.74. The van der Waals surface area contributed by atoms with Gasteiger partial charge < -0.3 is 10.0 Å². The zero-order valence-corrected chi connectivity index (χ0v) is 9.80. The molecule has 0 spiro atoms. The summed E-state index contributed by atoms with van der Waals surface area (Å²) in [6, 6.07) is 0. The van der Waals surface area contributed by atoms with E-state index in [4.69, 9.17) is 7.85 Å². The van der Waals surface area contributed by atoms with Crippen LogP contribution in [0.2, 0.25) is 0 Å². The number of nitrogens with zero attached hydrogens (tertiary/aromatic N) is 1.